The Bertz CT molecular complexity index is 316. The van der Waals surface area contributed by atoms with E-state index in [9.17, 15) is 0 Å². The Kier molecular flexibility index (Phi) is 2.43. The molecule has 4 heteroatoms. The third-order valence-electron chi connectivity index (χ3n) is 2.49. The molecule has 0 aliphatic carbocycles. The highest BCUT2D eigenvalue weighted by molar-refractivity contribution is 9.10. The summed E-state index contributed by atoms with van der Waals surface area (Å²) in [6.07, 6.45) is 1.08. The Labute approximate surface area is 86.2 Å². The lowest BCUT2D eigenvalue weighted by atomic mass is 10.2. The first-order chi connectivity index (χ1) is 6.20. The molecule has 0 radical (unpaired) electrons. The maximum atomic E-state index is 5.34. The fourth-order valence-corrected chi connectivity index (χ4v) is 1.97. The SMILES string of the molecule is Cc1nn(C2CCOC2)c(C)c1Br. The van der Waals surface area contributed by atoms with Crippen molar-refractivity contribution in [2.24, 2.45) is 0 Å². The molecule has 1 aliphatic heterocycles. The molecule has 72 valence electrons. The normalized spacial score (nSPS) is 22.5. The molecule has 1 aliphatic rings. The maximum Gasteiger partial charge on any atom is 0.0778 e. The first-order valence-corrected chi connectivity index (χ1v) is 5.28. The smallest absolute Gasteiger partial charge is 0.0778 e. The lowest BCUT2D eigenvalue weighted by Gasteiger charge is -2.10. The molecule has 1 aromatic heterocycles. The number of nitrogens with zero attached hydrogens (tertiary/aromatic N) is 2. The summed E-state index contributed by atoms with van der Waals surface area (Å²) < 4.78 is 8.54. The molecule has 0 spiro atoms. The minimum absolute atomic E-state index is 0.435. The lowest BCUT2D eigenvalue weighted by molar-refractivity contribution is 0.184. The molecule has 0 saturated carbocycles. The number of halogens is 1. The van der Waals surface area contributed by atoms with Crippen LogP contribution in [0.2, 0.25) is 0 Å². The van der Waals surface area contributed by atoms with E-state index in [1.165, 1.54) is 5.69 Å². The van der Waals surface area contributed by atoms with Gasteiger partial charge in [-0.2, -0.15) is 5.10 Å². The molecule has 2 heterocycles. The van der Waals surface area contributed by atoms with Crippen molar-refractivity contribution in [2.75, 3.05) is 13.2 Å². The van der Waals surface area contributed by atoms with Crippen LogP contribution in [-0.4, -0.2) is 23.0 Å². The Morgan fingerprint density at radius 2 is 2.31 bits per heavy atom. The molecular formula is C9H13BrN2O. The second-order valence-corrected chi connectivity index (χ2v) is 4.24. The molecule has 13 heavy (non-hydrogen) atoms. The van der Waals surface area contributed by atoms with Gasteiger partial charge in [-0.25, -0.2) is 0 Å². The van der Waals surface area contributed by atoms with Crippen molar-refractivity contribution in [3.05, 3.63) is 15.9 Å². The predicted octanol–water partition coefficient (Wildman–Crippen LogP) is 2.22. The van der Waals surface area contributed by atoms with Crippen LogP contribution < -0.4 is 0 Å². The first-order valence-electron chi connectivity index (χ1n) is 4.49. The van der Waals surface area contributed by atoms with Gasteiger partial charge < -0.3 is 4.74 Å². The van der Waals surface area contributed by atoms with Gasteiger partial charge in [-0.05, 0) is 36.2 Å². The van der Waals surface area contributed by atoms with Crippen LogP contribution in [0.1, 0.15) is 23.9 Å². The third-order valence-corrected chi connectivity index (χ3v) is 3.64. The second-order valence-electron chi connectivity index (χ2n) is 3.45. The van der Waals surface area contributed by atoms with Crippen LogP contribution in [0.25, 0.3) is 0 Å². The van der Waals surface area contributed by atoms with E-state index < -0.39 is 0 Å². The van der Waals surface area contributed by atoms with Crippen molar-refractivity contribution in [1.29, 1.82) is 0 Å². The van der Waals surface area contributed by atoms with E-state index in [4.69, 9.17) is 4.74 Å². The lowest BCUT2D eigenvalue weighted by Crippen LogP contribution is -2.11. The third kappa shape index (κ3) is 1.53. The zero-order valence-corrected chi connectivity index (χ0v) is 9.47. The second kappa shape index (κ2) is 3.42. The van der Waals surface area contributed by atoms with Crippen molar-refractivity contribution in [3.63, 3.8) is 0 Å². The topological polar surface area (TPSA) is 27.1 Å². The highest BCUT2D eigenvalue weighted by atomic mass is 79.9. The quantitative estimate of drug-likeness (QED) is 0.758. The maximum absolute atomic E-state index is 5.34. The van der Waals surface area contributed by atoms with Crippen LogP contribution in [-0.2, 0) is 4.74 Å². The summed E-state index contributed by atoms with van der Waals surface area (Å²) in [5.74, 6) is 0. The minimum atomic E-state index is 0.435. The average molecular weight is 245 g/mol. The van der Waals surface area contributed by atoms with Gasteiger partial charge in [-0.1, -0.05) is 0 Å². The van der Waals surface area contributed by atoms with E-state index in [2.05, 4.69) is 32.6 Å². The van der Waals surface area contributed by atoms with Crippen molar-refractivity contribution in [2.45, 2.75) is 26.3 Å². The van der Waals surface area contributed by atoms with Gasteiger partial charge in [0.15, 0.2) is 0 Å². The fourth-order valence-electron chi connectivity index (χ4n) is 1.71. The molecule has 1 saturated heterocycles. The highest BCUT2D eigenvalue weighted by Crippen LogP contribution is 2.26. The Morgan fingerprint density at radius 3 is 2.77 bits per heavy atom. The summed E-state index contributed by atoms with van der Waals surface area (Å²) in [6.45, 7) is 5.76. The van der Waals surface area contributed by atoms with E-state index in [1.54, 1.807) is 0 Å². The number of aromatic nitrogens is 2. The highest BCUT2D eigenvalue weighted by Gasteiger charge is 2.21. The van der Waals surface area contributed by atoms with Crippen molar-refractivity contribution in [3.8, 4) is 0 Å². The van der Waals surface area contributed by atoms with Crippen molar-refractivity contribution >= 4 is 15.9 Å². The number of hydrogen-bond donors (Lipinski definition) is 0. The molecule has 0 bridgehead atoms. The summed E-state index contributed by atoms with van der Waals surface area (Å²) in [4.78, 5) is 0. The molecule has 0 amide bonds. The van der Waals surface area contributed by atoms with Crippen molar-refractivity contribution in [1.82, 2.24) is 9.78 Å². The predicted molar refractivity (Wildman–Crippen MR) is 53.9 cm³/mol. The van der Waals surface area contributed by atoms with Gasteiger partial charge in [0, 0.05) is 6.61 Å². The molecule has 1 fully saturated rings. The van der Waals surface area contributed by atoms with Crippen LogP contribution in [0.4, 0.5) is 0 Å². The molecule has 1 unspecified atom stereocenters. The van der Waals surface area contributed by atoms with Gasteiger partial charge >= 0.3 is 0 Å². The summed E-state index contributed by atoms with van der Waals surface area (Å²) in [5, 5.41) is 4.48. The van der Waals surface area contributed by atoms with Crippen LogP contribution >= 0.6 is 15.9 Å². The van der Waals surface area contributed by atoms with E-state index in [0.29, 0.717) is 6.04 Å². The molecule has 3 nitrogen and oxygen atoms in total. The van der Waals surface area contributed by atoms with Crippen LogP contribution in [0, 0.1) is 13.8 Å². The monoisotopic (exact) mass is 244 g/mol. The number of rotatable bonds is 1. The van der Waals surface area contributed by atoms with Gasteiger partial charge in [0.2, 0.25) is 0 Å². The van der Waals surface area contributed by atoms with Crippen molar-refractivity contribution < 1.29 is 4.74 Å². The van der Waals surface area contributed by atoms with Gasteiger partial charge in [0.25, 0.3) is 0 Å². The van der Waals surface area contributed by atoms with Gasteiger partial charge in [0.1, 0.15) is 0 Å². The molecular weight excluding hydrogens is 232 g/mol. The average Bonchev–Trinajstić information content (AvgIpc) is 2.70. The first kappa shape index (κ1) is 9.21. The number of hydrogen-bond acceptors (Lipinski definition) is 2. The van der Waals surface area contributed by atoms with Crippen LogP contribution in [0.15, 0.2) is 4.47 Å². The Hall–Kier alpha value is -0.350. The van der Waals surface area contributed by atoms with E-state index in [1.807, 2.05) is 6.92 Å². The standard InChI is InChI=1S/C9H13BrN2O/c1-6-9(10)7(2)12(11-6)8-3-4-13-5-8/h8H,3-5H2,1-2H3. The molecule has 0 N–H and O–H groups in total. The van der Waals surface area contributed by atoms with Crippen LogP contribution in [0.3, 0.4) is 0 Å². The zero-order chi connectivity index (χ0) is 9.42. The summed E-state index contributed by atoms with van der Waals surface area (Å²) in [6, 6.07) is 0.435. The van der Waals surface area contributed by atoms with Gasteiger partial charge in [-0.15, -0.1) is 0 Å². The van der Waals surface area contributed by atoms with E-state index in [0.717, 1.165) is 29.8 Å². The number of ether oxygens (including phenoxy) is 1. The van der Waals surface area contributed by atoms with E-state index in [-0.39, 0.29) is 0 Å². The van der Waals surface area contributed by atoms with Crippen LogP contribution in [0.5, 0.6) is 0 Å². The molecule has 1 atom stereocenters. The molecule has 0 aromatic carbocycles. The minimum Gasteiger partial charge on any atom is -0.379 e. The van der Waals surface area contributed by atoms with E-state index >= 15 is 0 Å². The Balaban J connectivity index is 2.34. The number of aryl methyl sites for hydroxylation is 1. The molecule has 2 rings (SSSR count). The summed E-state index contributed by atoms with van der Waals surface area (Å²) >= 11 is 3.52. The summed E-state index contributed by atoms with van der Waals surface area (Å²) in [7, 11) is 0. The summed E-state index contributed by atoms with van der Waals surface area (Å²) in [5.41, 5.74) is 2.26. The Morgan fingerprint density at radius 1 is 1.54 bits per heavy atom. The zero-order valence-electron chi connectivity index (χ0n) is 7.88. The largest absolute Gasteiger partial charge is 0.379 e. The fraction of sp³-hybridized carbons (Fsp3) is 0.667. The molecule has 1 aromatic rings. The van der Waals surface area contributed by atoms with Gasteiger partial charge in [0.05, 0.1) is 28.5 Å². The van der Waals surface area contributed by atoms with Gasteiger partial charge in [-0.3, -0.25) is 4.68 Å².